The average Bonchev–Trinajstić information content (AvgIpc) is 3.06. The summed E-state index contributed by atoms with van der Waals surface area (Å²) in [5.41, 5.74) is 1.02. The molecule has 0 radical (unpaired) electrons. The molecule has 3 rings (SSSR count). The molecule has 18 heavy (non-hydrogen) atoms. The van der Waals surface area contributed by atoms with E-state index in [4.69, 9.17) is 0 Å². The first-order valence-corrected chi connectivity index (χ1v) is 7.60. The fourth-order valence-electron chi connectivity index (χ4n) is 1.70. The van der Waals surface area contributed by atoms with Gasteiger partial charge in [0.05, 0.1) is 4.90 Å². The number of nitrogens with zero attached hydrogens (tertiary/aromatic N) is 1. The van der Waals surface area contributed by atoms with Gasteiger partial charge in [-0.2, -0.15) is 0 Å². The normalized spacial score (nSPS) is 14.9. The molecule has 94 valence electrons. The van der Waals surface area contributed by atoms with Crippen molar-refractivity contribution in [1.82, 2.24) is 10.3 Å². The molecule has 2 nitrogen and oxygen atoms in total. The molecule has 2 aromatic rings. The van der Waals surface area contributed by atoms with Gasteiger partial charge in [-0.1, -0.05) is 23.9 Å². The first-order valence-electron chi connectivity index (χ1n) is 5.91. The summed E-state index contributed by atoms with van der Waals surface area (Å²) in [6, 6.07) is 5.89. The van der Waals surface area contributed by atoms with E-state index in [1.54, 1.807) is 12.3 Å². The van der Waals surface area contributed by atoms with Gasteiger partial charge < -0.3 is 5.32 Å². The van der Waals surface area contributed by atoms with Crippen molar-refractivity contribution < 1.29 is 4.39 Å². The van der Waals surface area contributed by atoms with Gasteiger partial charge in [-0.25, -0.2) is 9.37 Å². The highest BCUT2D eigenvalue weighted by atomic mass is 32.2. The third kappa shape index (κ3) is 2.91. The Labute approximate surface area is 114 Å². The molecular weight excluding hydrogens is 267 g/mol. The minimum Gasteiger partial charge on any atom is -0.310 e. The van der Waals surface area contributed by atoms with Crippen molar-refractivity contribution in [3.8, 4) is 0 Å². The predicted octanol–water partition coefficient (Wildman–Crippen LogP) is 3.69. The zero-order valence-corrected chi connectivity index (χ0v) is 11.4. The second kappa shape index (κ2) is 5.38. The van der Waals surface area contributed by atoms with Crippen molar-refractivity contribution in [1.29, 1.82) is 0 Å². The summed E-state index contributed by atoms with van der Waals surface area (Å²) in [7, 11) is 0. The molecule has 1 aliphatic rings. The summed E-state index contributed by atoms with van der Waals surface area (Å²) >= 11 is 2.95. The fourth-order valence-corrected chi connectivity index (χ4v) is 3.39. The van der Waals surface area contributed by atoms with Gasteiger partial charge in [0.2, 0.25) is 0 Å². The van der Waals surface area contributed by atoms with Crippen molar-refractivity contribution >= 4 is 23.1 Å². The molecule has 1 saturated carbocycles. The van der Waals surface area contributed by atoms with E-state index in [9.17, 15) is 4.39 Å². The lowest BCUT2D eigenvalue weighted by atomic mass is 10.2. The highest BCUT2D eigenvalue weighted by molar-refractivity contribution is 8.01. The van der Waals surface area contributed by atoms with Gasteiger partial charge in [0.25, 0.3) is 0 Å². The van der Waals surface area contributed by atoms with Crippen molar-refractivity contribution in [2.75, 3.05) is 0 Å². The average molecular weight is 280 g/mol. The zero-order valence-electron chi connectivity index (χ0n) is 9.73. The van der Waals surface area contributed by atoms with Crippen LogP contribution in [0.15, 0.2) is 39.0 Å². The highest BCUT2D eigenvalue weighted by Crippen LogP contribution is 2.34. The van der Waals surface area contributed by atoms with Gasteiger partial charge in [0.15, 0.2) is 4.34 Å². The number of aromatic nitrogens is 1. The van der Waals surface area contributed by atoms with Gasteiger partial charge in [-0.15, -0.1) is 11.3 Å². The molecular formula is C13H13FN2S2. The van der Waals surface area contributed by atoms with Crippen LogP contribution in [-0.2, 0) is 6.54 Å². The Bertz CT molecular complexity index is 524. The van der Waals surface area contributed by atoms with Crippen LogP contribution in [0.5, 0.6) is 0 Å². The summed E-state index contributed by atoms with van der Waals surface area (Å²) in [5, 5.41) is 5.33. The monoisotopic (exact) mass is 280 g/mol. The van der Waals surface area contributed by atoms with E-state index < -0.39 is 0 Å². The van der Waals surface area contributed by atoms with Crippen LogP contribution >= 0.6 is 23.1 Å². The van der Waals surface area contributed by atoms with E-state index in [0.717, 1.165) is 16.4 Å². The minimum atomic E-state index is -0.162. The molecule has 1 N–H and O–H groups in total. The molecule has 0 atom stereocenters. The molecule has 0 saturated heterocycles. The smallest absolute Gasteiger partial charge is 0.154 e. The molecule has 0 spiro atoms. The third-order valence-electron chi connectivity index (χ3n) is 2.81. The van der Waals surface area contributed by atoms with Gasteiger partial charge in [-0.3, -0.25) is 0 Å². The summed E-state index contributed by atoms with van der Waals surface area (Å²) in [5.74, 6) is -0.162. The van der Waals surface area contributed by atoms with Crippen LogP contribution in [0.1, 0.15) is 18.4 Å². The summed E-state index contributed by atoms with van der Waals surface area (Å²) in [6.45, 7) is 0.732. The van der Waals surface area contributed by atoms with E-state index >= 15 is 0 Å². The molecule has 5 heteroatoms. The van der Waals surface area contributed by atoms with E-state index in [2.05, 4.69) is 10.3 Å². The fraction of sp³-hybridized carbons (Fsp3) is 0.308. The Hall–Kier alpha value is -0.910. The van der Waals surface area contributed by atoms with Gasteiger partial charge in [0.1, 0.15) is 5.82 Å². The predicted molar refractivity (Wildman–Crippen MR) is 72.5 cm³/mol. The van der Waals surface area contributed by atoms with Crippen LogP contribution in [0.2, 0.25) is 0 Å². The van der Waals surface area contributed by atoms with Crippen molar-refractivity contribution in [2.24, 2.45) is 0 Å². The Kier molecular flexibility index (Phi) is 3.63. The second-order valence-corrected chi connectivity index (χ2v) is 6.44. The first-order chi connectivity index (χ1) is 8.83. The Morgan fingerprint density at radius 1 is 1.44 bits per heavy atom. The summed E-state index contributed by atoms with van der Waals surface area (Å²) in [6.07, 6.45) is 4.23. The molecule has 0 amide bonds. The Morgan fingerprint density at radius 3 is 3.06 bits per heavy atom. The van der Waals surface area contributed by atoms with E-state index in [-0.39, 0.29) is 5.82 Å². The number of benzene rings is 1. The molecule has 1 aliphatic carbocycles. The van der Waals surface area contributed by atoms with Crippen LogP contribution in [-0.4, -0.2) is 11.0 Å². The lowest BCUT2D eigenvalue weighted by Crippen LogP contribution is -2.16. The van der Waals surface area contributed by atoms with Crippen molar-refractivity contribution in [2.45, 2.75) is 34.7 Å². The van der Waals surface area contributed by atoms with E-state index in [0.29, 0.717) is 10.9 Å². The molecule has 1 fully saturated rings. The molecule has 1 aromatic carbocycles. The van der Waals surface area contributed by atoms with Gasteiger partial charge >= 0.3 is 0 Å². The highest BCUT2D eigenvalue weighted by Gasteiger charge is 2.21. The summed E-state index contributed by atoms with van der Waals surface area (Å²) in [4.78, 5) is 4.89. The van der Waals surface area contributed by atoms with E-state index in [1.807, 2.05) is 11.4 Å². The van der Waals surface area contributed by atoms with Gasteiger partial charge in [0, 0.05) is 24.2 Å². The van der Waals surface area contributed by atoms with Gasteiger partial charge in [-0.05, 0) is 24.5 Å². The lowest BCUT2D eigenvalue weighted by molar-refractivity contribution is 0.589. The zero-order chi connectivity index (χ0) is 12.4. The van der Waals surface area contributed by atoms with Crippen LogP contribution in [0.25, 0.3) is 0 Å². The third-order valence-corrected chi connectivity index (χ3v) is 4.85. The van der Waals surface area contributed by atoms with Crippen LogP contribution in [0, 0.1) is 5.82 Å². The molecule has 0 unspecified atom stereocenters. The van der Waals surface area contributed by atoms with Crippen molar-refractivity contribution in [3.05, 3.63) is 41.2 Å². The number of rotatable bonds is 5. The molecule has 0 aliphatic heterocycles. The minimum absolute atomic E-state index is 0.162. The topological polar surface area (TPSA) is 24.9 Å². The SMILES string of the molecule is Fc1cccc(CNC2CC2)c1Sc1nccs1. The molecule has 1 aromatic heterocycles. The van der Waals surface area contributed by atoms with Crippen LogP contribution < -0.4 is 5.32 Å². The maximum absolute atomic E-state index is 13.9. The summed E-state index contributed by atoms with van der Waals surface area (Å²) < 4.78 is 14.8. The number of halogens is 1. The quantitative estimate of drug-likeness (QED) is 0.904. The van der Waals surface area contributed by atoms with E-state index in [1.165, 1.54) is 42.0 Å². The number of nitrogens with one attached hydrogen (secondary N) is 1. The van der Waals surface area contributed by atoms with Crippen LogP contribution in [0.3, 0.4) is 0 Å². The lowest BCUT2D eigenvalue weighted by Gasteiger charge is -2.09. The standard InChI is InChI=1S/C13H13FN2S2/c14-11-3-1-2-9(8-16-10-4-5-10)12(11)18-13-15-6-7-17-13/h1-3,6-7,10,16H,4-5,8H2. The largest absolute Gasteiger partial charge is 0.310 e. The number of hydrogen-bond donors (Lipinski definition) is 1. The number of thiazole rings is 1. The Morgan fingerprint density at radius 2 is 2.33 bits per heavy atom. The van der Waals surface area contributed by atoms with Crippen molar-refractivity contribution in [3.63, 3.8) is 0 Å². The second-order valence-electron chi connectivity index (χ2n) is 4.28. The maximum atomic E-state index is 13.9. The van der Waals surface area contributed by atoms with Crippen LogP contribution in [0.4, 0.5) is 4.39 Å². The molecule has 0 bridgehead atoms. The Balaban J connectivity index is 1.80. The first kappa shape index (κ1) is 12.1. The maximum Gasteiger partial charge on any atom is 0.154 e. The molecule has 1 heterocycles. The number of hydrogen-bond acceptors (Lipinski definition) is 4.